The zero-order chi connectivity index (χ0) is 13.0. The molecular weight excluding hydrogens is 220 g/mol. The van der Waals surface area contributed by atoms with Crippen molar-refractivity contribution in [1.29, 1.82) is 5.26 Å². The molecule has 0 amide bonds. The number of nitriles is 1. The largest absolute Gasteiger partial charge is 0.294 e. The molecule has 1 fully saturated rings. The summed E-state index contributed by atoms with van der Waals surface area (Å²) in [6.45, 7) is 5.63. The molecule has 1 heterocycles. The van der Waals surface area contributed by atoms with Crippen molar-refractivity contribution in [1.82, 2.24) is 4.90 Å². The van der Waals surface area contributed by atoms with Crippen LogP contribution in [0, 0.1) is 11.3 Å². The van der Waals surface area contributed by atoms with Gasteiger partial charge in [0.2, 0.25) is 0 Å². The molecule has 1 aromatic carbocycles. The predicted octanol–water partition coefficient (Wildman–Crippen LogP) is 3.52. The monoisotopic (exact) mass is 242 g/mol. The minimum absolute atomic E-state index is 0.521. The Labute approximate surface area is 110 Å². The van der Waals surface area contributed by atoms with E-state index in [2.05, 4.69) is 43.0 Å². The summed E-state index contributed by atoms with van der Waals surface area (Å²) >= 11 is 0. The smallest absolute Gasteiger partial charge is 0.0669 e. The van der Waals surface area contributed by atoms with Gasteiger partial charge in [0.15, 0.2) is 0 Å². The normalized spacial score (nSPS) is 24.7. The van der Waals surface area contributed by atoms with Crippen LogP contribution in [-0.2, 0) is 13.0 Å². The van der Waals surface area contributed by atoms with E-state index in [4.69, 9.17) is 5.26 Å². The van der Waals surface area contributed by atoms with E-state index in [0.29, 0.717) is 18.5 Å². The Morgan fingerprint density at radius 3 is 2.39 bits per heavy atom. The van der Waals surface area contributed by atoms with Crippen LogP contribution in [0.1, 0.15) is 44.2 Å². The van der Waals surface area contributed by atoms with E-state index >= 15 is 0 Å². The second kappa shape index (κ2) is 6.02. The van der Waals surface area contributed by atoms with Gasteiger partial charge < -0.3 is 0 Å². The molecule has 0 radical (unpaired) electrons. The third-order valence-corrected chi connectivity index (χ3v) is 4.12. The first-order valence-electron chi connectivity index (χ1n) is 6.92. The first kappa shape index (κ1) is 13.1. The fourth-order valence-corrected chi connectivity index (χ4v) is 2.95. The summed E-state index contributed by atoms with van der Waals surface area (Å²) in [6, 6.07) is 11.9. The van der Waals surface area contributed by atoms with E-state index in [1.165, 1.54) is 30.4 Å². The highest BCUT2D eigenvalue weighted by Crippen LogP contribution is 2.25. The van der Waals surface area contributed by atoms with Gasteiger partial charge in [0.1, 0.15) is 0 Å². The first-order chi connectivity index (χ1) is 8.72. The maximum absolute atomic E-state index is 8.89. The molecule has 1 aliphatic rings. The van der Waals surface area contributed by atoms with Crippen molar-refractivity contribution in [3.05, 3.63) is 35.4 Å². The summed E-state index contributed by atoms with van der Waals surface area (Å²) in [6.07, 6.45) is 4.46. The lowest BCUT2D eigenvalue weighted by Gasteiger charge is -2.39. The summed E-state index contributed by atoms with van der Waals surface area (Å²) in [7, 11) is 0. The maximum Gasteiger partial charge on any atom is 0.0669 e. The van der Waals surface area contributed by atoms with Crippen LogP contribution in [0.15, 0.2) is 24.3 Å². The molecule has 0 aromatic heterocycles. The molecule has 0 aliphatic carbocycles. The maximum atomic E-state index is 8.89. The van der Waals surface area contributed by atoms with Crippen LogP contribution in [-0.4, -0.2) is 17.0 Å². The Hall–Kier alpha value is -1.33. The molecule has 2 nitrogen and oxygen atoms in total. The van der Waals surface area contributed by atoms with Crippen LogP contribution < -0.4 is 0 Å². The minimum atomic E-state index is 0.521. The van der Waals surface area contributed by atoms with Gasteiger partial charge in [-0.3, -0.25) is 4.90 Å². The molecule has 2 rings (SSSR count). The van der Waals surface area contributed by atoms with Gasteiger partial charge >= 0.3 is 0 Å². The quantitative estimate of drug-likeness (QED) is 0.811. The molecule has 2 atom stereocenters. The molecule has 1 aliphatic heterocycles. The molecular formula is C16H22N2. The molecule has 96 valence electrons. The fourth-order valence-electron chi connectivity index (χ4n) is 2.95. The topological polar surface area (TPSA) is 27.0 Å². The van der Waals surface area contributed by atoms with Crippen molar-refractivity contribution in [3.63, 3.8) is 0 Å². The van der Waals surface area contributed by atoms with E-state index in [-0.39, 0.29) is 0 Å². The molecule has 1 saturated heterocycles. The van der Waals surface area contributed by atoms with Crippen LogP contribution in [0.2, 0.25) is 0 Å². The van der Waals surface area contributed by atoms with Crippen LogP contribution in [0.5, 0.6) is 0 Å². The summed E-state index contributed by atoms with van der Waals surface area (Å²) in [5.74, 6) is 0. The van der Waals surface area contributed by atoms with E-state index < -0.39 is 0 Å². The number of nitrogens with zero attached hydrogens (tertiary/aromatic N) is 2. The van der Waals surface area contributed by atoms with Gasteiger partial charge in [-0.1, -0.05) is 30.7 Å². The predicted molar refractivity (Wildman–Crippen MR) is 74.1 cm³/mol. The SMILES string of the molecule is CC1CCCC(C)N1Cc1ccccc1CC#N. The number of benzene rings is 1. The molecule has 2 unspecified atom stereocenters. The van der Waals surface area contributed by atoms with Gasteiger partial charge in [-0.2, -0.15) is 5.26 Å². The Morgan fingerprint density at radius 2 is 1.78 bits per heavy atom. The molecule has 2 heteroatoms. The Balaban J connectivity index is 2.15. The minimum Gasteiger partial charge on any atom is -0.294 e. The van der Waals surface area contributed by atoms with Gasteiger partial charge in [0.25, 0.3) is 0 Å². The second-order valence-electron chi connectivity index (χ2n) is 5.40. The number of likely N-dealkylation sites (tertiary alicyclic amines) is 1. The summed E-state index contributed by atoms with van der Waals surface area (Å²) in [5, 5.41) is 8.89. The van der Waals surface area contributed by atoms with E-state index in [0.717, 1.165) is 6.54 Å². The fraction of sp³-hybridized carbons (Fsp3) is 0.562. The molecule has 18 heavy (non-hydrogen) atoms. The highest BCUT2D eigenvalue weighted by molar-refractivity contribution is 5.29. The lowest BCUT2D eigenvalue weighted by molar-refractivity contribution is 0.0950. The standard InChI is InChI=1S/C16H22N2/c1-13-6-5-7-14(2)18(13)12-16-9-4-3-8-15(16)10-11-17/h3-4,8-9,13-14H,5-7,10,12H2,1-2H3. The van der Waals surface area contributed by atoms with Crippen molar-refractivity contribution < 1.29 is 0 Å². The molecule has 1 aromatic rings. The van der Waals surface area contributed by atoms with Gasteiger partial charge in [0, 0.05) is 18.6 Å². The first-order valence-corrected chi connectivity index (χ1v) is 6.92. The van der Waals surface area contributed by atoms with Gasteiger partial charge in [0.05, 0.1) is 12.5 Å². The van der Waals surface area contributed by atoms with E-state index in [1.807, 2.05) is 6.07 Å². The third-order valence-electron chi connectivity index (χ3n) is 4.12. The number of hydrogen-bond donors (Lipinski definition) is 0. The highest BCUT2D eigenvalue weighted by Gasteiger charge is 2.24. The zero-order valence-corrected chi connectivity index (χ0v) is 11.4. The lowest BCUT2D eigenvalue weighted by atomic mass is 9.95. The van der Waals surface area contributed by atoms with Crippen LogP contribution >= 0.6 is 0 Å². The van der Waals surface area contributed by atoms with Crippen LogP contribution in [0.3, 0.4) is 0 Å². The number of rotatable bonds is 3. The lowest BCUT2D eigenvalue weighted by Crippen LogP contribution is -2.43. The van der Waals surface area contributed by atoms with Crippen molar-refractivity contribution >= 4 is 0 Å². The van der Waals surface area contributed by atoms with Gasteiger partial charge in [-0.25, -0.2) is 0 Å². The third kappa shape index (κ3) is 2.91. The molecule has 0 N–H and O–H groups in total. The Kier molecular flexibility index (Phi) is 4.38. The number of hydrogen-bond acceptors (Lipinski definition) is 2. The summed E-state index contributed by atoms with van der Waals surface area (Å²) < 4.78 is 0. The molecule has 0 spiro atoms. The second-order valence-corrected chi connectivity index (χ2v) is 5.40. The van der Waals surface area contributed by atoms with Crippen LogP contribution in [0.4, 0.5) is 0 Å². The van der Waals surface area contributed by atoms with Gasteiger partial charge in [-0.05, 0) is 37.8 Å². The Bertz CT molecular complexity index is 423. The zero-order valence-electron chi connectivity index (χ0n) is 11.4. The van der Waals surface area contributed by atoms with Crippen molar-refractivity contribution in [3.8, 4) is 6.07 Å². The van der Waals surface area contributed by atoms with E-state index in [9.17, 15) is 0 Å². The average molecular weight is 242 g/mol. The van der Waals surface area contributed by atoms with Crippen molar-refractivity contribution in [2.75, 3.05) is 0 Å². The number of piperidine rings is 1. The summed E-state index contributed by atoms with van der Waals surface area (Å²) in [4.78, 5) is 2.58. The van der Waals surface area contributed by atoms with E-state index in [1.54, 1.807) is 0 Å². The Morgan fingerprint density at radius 1 is 1.17 bits per heavy atom. The van der Waals surface area contributed by atoms with Crippen molar-refractivity contribution in [2.24, 2.45) is 0 Å². The van der Waals surface area contributed by atoms with Crippen molar-refractivity contribution in [2.45, 2.75) is 58.2 Å². The van der Waals surface area contributed by atoms with Crippen LogP contribution in [0.25, 0.3) is 0 Å². The molecule has 0 bridgehead atoms. The molecule has 0 saturated carbocycles. The highest BCUT2D eigenvalue weighted by atomic mass is 15.2. The average Bonchev–Trinajstić information content (AvgIpc) is 2.36. The summed E-state index contributed by atoms with van der Waals surface area (Å²) in [5.41, 5.74) is 2.50. The van der Waals surface area contributed by atoms with Gasteiger partial charge in [-0.15, -0.1) is 0 Å².